The summed E-state index contributed by atoms with van der Waals surface area (Å²) in [5.41, 5.74) is 0. The zero-order chi connectivity index (χ0) is 10.5. The quantitative estimate of drug-likeness (QED) is 0.661. The summed E-state index contributed by atoms with van der Waals surface area (Å²) in [5, 5.41) is -0.499. The van der Waals surface area contributed by atoms with Crippen LogP contribution in [-0.4, -0.2) is 49.5 Å². The molecule has 0 radical (unpaired) electrons. The Balaban J connectivity index is 4.28. The molecular formula is C7H16ClNO2S2. The van der Waals surface area contributed by atoms with E-state index in [-0.39, 0.29) is 5.88 Å². The third-order valence-corrected chi connectivity index (χ3v) is 5.24. The minimum Gasteiger partial charge on any atom is -0.212 e. The van der Waals surface area contributed by atoms with Crippen molar-refractivity contribution in [2.75, 3.05) is 31.5 Å². The van der Waals surface area contributed by atoms with E-state index in [1.807, 2.05) is 6.26 Å². The number of hydrogen-bond donors (Lipinski definition) is 0. The second-order valence-electron chi connectivity index (χ2n) is 2.82. The Morgan fingerprint density at radius 3 is 2.46 bits per heavy atom. The summed E-state index contributed by atoms with van der Waals surface area (Å²) >= 11 is 7.13. The maximum absolute atomic E-state index is 11.6. The van der Waals surface area contributed by atoms with Gasteiger partial charge < -0.3 is 0 Å². The second-order valence-corrected chi connectivity index (χ2v) is 6.58. The van der Waals surface area contributed by atoms with E-state index < -0.39 is 15.3 Å². The Morgan fingerprint density at radius 1 is 1.54 bits per heavy atom. The zero-order valence-corrected chi connectivity index (χ0v) is 10.5. The minimum absolute atomic E-state index is 0.145. The first-order valence-corrected chi connectivity index (χ1v) is 7.40. The maximum Gasteiger partial charge on any atom is 0.217 e. The van der Waals surface area contributed by atoms with Crippen LogP contribution in [0, 0.1) is 0 Å². The summed E-state index contributed by atoms with van der Waals surface area (Å²) < 4.78 is 24.6. The molecule has 0 aromatic rings. The zero-order valence-electron chi connectivity index (χ0n) is 8.16. The van der Waals surface area contributed by atoms with Gasteiger partial charge in [-0.05, 0) is 13.2 Å². The molecule has 80 valence electrons. The van der Waals surface area contributed by atoms with Crippen LogP contribution in [0.2, 0.25) is 0 Å². The number of hydrogen-bond acceptors (Lipinski definition) is 3. The van der Waals surface area contributed by atoms with Gasteiger partial charge in [-0.25, -0.2) is 12.7 Å². The Labute approximate surface area is 89.9 Å². The molecule has 0 aliphatic heterocycles. The van der Waals surface area contributed by atoms with Crippen LogP contribution >= 0.6 is 23.4 Å². The van der Waals surface area contributed by atoms with Crippen LogP contribution in [0.25, 0.3) is 0 Å². The second kappa shape index (κ2) is 6.11. The molecule has 0 amide bonds. The Hall–Kier alpha value is 0.550. The van der Waals surface area contributed by atoms with Crippen molar-refractivity contribution in [2.45, 2.75) is 12.2 Å². The van der Waals surface area contributed by atoms with Crippen LogP contribution in [0.1, 0.15) is 6.92 Å². The van der Waals surface area contributed by atoms with Gasteiger partial charge in [0.2, 0.25) is 10.0 Å². The molecule has 1 unspecified atom stereocenters. The molecule has 0 fully saturated rings. The largest absolute Gasteiger partial charge is 0.217 e. The van der Waals surface area contributed by atoms with E-state index >= 15 is 0 Å². The lowest BCUT2D eigenvalue weighted by Crippen LogP contribution is -2.36. The lowest BCUT2D eigenvalue weighted by Gasteiger charge is -2.19. The summed E-state index contributed by atoms with van der Waals surface area (Å²) in [5.74, 6) is 0.955. The van der Waals surface area contributed by atoms with Crippen molar-refractivity contribution in [3.63, 3.8) is 0 Å². The van der Waals surface area contributed by atoms with Crippen molar-refractivity contribution >= 4 is 33.4 Å². The molecular weight excluding hydrogens is 230 g/mol. The molecule has 0 aliphatic rings. The summed E-state index contributed by atoms with van der Waals surface area (Å²) in [6, 6.07) is 0. The standard InChI is InChI=1S/C7H16ClNO2S2/c1-7(6-8)13(10,11)9(2)4-5-12-3/h7H,4-6H2,1-3H3. The lowest BCUT2D eigenvalue weighted by atomic mass is 10.6. The third kappa shape index (κ3) is 4.06. The molecule has 1 atom stereocenters. The molecule has 0 aliphatic carbocycles. The summed E-state index contributed by atoms with van der Waals surface area (Å²) in [4.78, 5) is 0. The van der Waals surface area contributed by atoms with Crippen LogP contribution in [0.3, 0.4) is 0 Å². The number of alkyl halides is 1. The van der Waals surface area contributed by atoms with Crippen LogP contribution in [0.4, 0.5) is 0 Å². The fourth-order valence-electron chi connectivity index (χ4n) is 0.734. The van der Waals surface area contributed by atoms with Gasteiger partial charge >= 0.3 is 0 Å². The predicted molar refractivity (Wildman–Crippen MR) is 60.1 cm³/mol. The molecule has 0 rings (SSSR count). The van der Waals surface area contributed by atoms with Crippen LogP contribution in [0.15, 0.2) is 0 Å². The van der Waals surface area contributed by atoms with E-state index in [2.05, 4.69) is 0 Å². The van der Waals surface area contributed by atoms with Gasteiger partial charge in [0.1, 0.15) is 0 Å². The number of halogens is 1. The molecule has 0 aromatic carbocycles. The van der Waals surface area contributed by atoms with Gasteiger partial charge in [0.25, 0.3) is 0 Å². The summed E-state index contributed by atoms with van der Waals surface area (Å²) in [6.45, 7) is 2.17. The van der Waals surface area contributed by atoms with E-state index in [1.54, 1.807) is 25.7 Å². The van der Waals surface area contributed by atoms with E-state index in [9.17, 15) is 8.42 Å². The summed E-state index contributed by atoms with van der Waals surface area (Å²) in [7, 11) is -1.58. The van der Waals surface area contributed by atoms with Crippen molar-refractivity contribution in [1.82, 2.24) is 4.31 Å². The molecule has 0 aromatic heterocycles. The maximum atomic E-state index is 11.6. The average Bonchev–Trinajstić information content (AvgIpc) is 2.12. The number of sulfonamides is 1. The van der Waals surface area contributed by atoms with Gasteiger partial charge in [0, 0.05) is 25.2 Å². The first kappa shape index (κ1) is 13.5. The van der Waals surface area contributed by atoms with E-state index in [4.69, 9.17) is 11.6 Å². The third-order valence-electron chi connectivity index (χ3n) is 1.77. The normalized spacial score (nSPS) is 14.8. The number of rotatable bonds is 6. The molecule has 6 heteroatoms. The highest BCUT2D eigenvalue weighted by molar-refractivity contribution is 7.98. The van der Waals surface area contributed by atoms with Crippen molar-refractivity contribution < 1.29 is 8.42 Å². The van der Waals surface area contributed by atoms with Gasteiger partial charge in [-0.3, -0.25) is 0 Å². The fourth-order valence-corrected chi connectivity index (χ4v) is 2.90. The highest BCUT2D eigenvalue weighted by Crippen LogP contribution is 2.08. The lowest BCUT2D eigenvalue weighted by molar-refractivity contribution is 0.481. The molecule has 0 saturated carbocycles. The first-order valence-electron chi connectivity index (χ1n) is 3.96. The monoisotopic (exact) mass is 245 g/mol. The highest BCUT2D eigenvalue weighted by Gasteiger charge is 2.24. The highest BCUT2D eigenvalue weighted by atomic mass is 35.5. The van der Waals surface area contributed by atoms with Crippen molar-refractivity contribution in [2.24, 2.45) is 0 Å². The molecule has 0 N–H and O–H groups in total. The smallest absolute Gasteiger partial charge is 0.212 e. The molecule has 3 nitrogen and oxygen atoms in total. The fraction of sp³-hybridized carbons (Fsp3) is 1.00. The van der Waals surface area contributed by atoms with Gasteiger partial charge in [-0.15, -0.1) is 11.6 Å². The van der Waals surface area contributed by atoms with Crippen molar-refractivity contribution in [3.05, 3.63) is 0 Å². The Bertz CT molecular complexity index is 231. The van der Waals surface area contributed by atoms with Crippen LogP contribution in [-0.2, 0) is 10.0 Å². The molecule has 13 heavy (non-hydrogen) atoms. The van der Waals surface area contributed by atoms with Crippen LogP contribution < -0.4 is 0 Å². The molecule has 0 spiro atoms. The summed E-state index contributed by atoms with van der Waals surface area (Å²) in [6.07, 6.45) is 1.95. The number of nitrogens with zero attached hydrogens (tertiary/aromatic N) is 1. The van der Waals surface area contributed by atoms with Gasteiger partial charge in [0.15, 0.2) is 0 Å². The van der Waals surface area contributed by atoms with Gasteiger partial charge in [-0.1, -0.05) is 0 Å². The molecule has 0 saturated heterocycles. The minimum atomic E-state index is -3.17. The Morgan fingerprint density at radius 2 is 2.08 bits per heavy atom. The van der Waals surface area contributed by atoms with Crippen molar-refractivity contribution in [1.29, 1.82) is 0 Å². The van der Waals surface area contributed by atoms with Gasteiger partial charge in [-0.2, -0.15) is 11.8 Å². The average molecular weight is 246 g/mol. The molecule has 0 heterocycles. The predicted octanol–water partition coefficient (Wildman–Crippen LogP) is 1.24. The van der Waals surface area contributed by atoms with E-state index in [0.29, 0.717) is 6.54 Å². The van der Waals surface area contributed by atoms with E-state index in [0.717, 1.165) is 5.75 Å². The molecule has 0 bridgehead atoms. The first-order chi connectivity index (χ1) is 5.96. The number of thioether (sulfide) groups is 1. The Kier molecular flexibility index (Phi) is 6.37. The van der Waals surface area contributed by atoms with Crippen LogP contribution in [0.5, 0.6) is 0 Å². The van der Waals surface area contributed by atoms with E-state index in [1.165, 1.54) is 4.31 Å². The SMILES string of the molecule is CSCCN(C)S(=O)(=O)C(C)CCl. The van der Waals surface area contributed by atoms with Crippen molar-refractivity contribution in [3.8, 4) is 0 Å². The van der Waals surface area contributed by atoms with Gasteiger partial charge in [0.05, 0.1) is 5.25 Å². The topological polar surface area (TPSA) is 37.4 Å².